The van der Waals surface area contributed by atoms with E-state index in [1.807, 2.05) is 0 Å². The number of pyridine rings is 1. The maximum atomic E-state index is 13.4. The van der Waals surface area contributed by atoms with Gasteiger partial charge in [-0.3, -0.25) is 14.6 Å². The number of aromatic nitrogens is 1. The standard InChI is InChI=1S/C22H19ClN2O5/c1-29-10-2-9-25-19(13-5-7-24-8-6-13)18(21(27)22(25)28)20(26)17-12-14-11-15(23)3-4-16(14)30-17/h3-8,11-12,19,27H,2,9-10H2,1H3. The molecule has 4 rings (SSSR count). The number of hydrogen-bond acceptors (Lipinski definition) is 6. The fraction of sp³-hybridized carbons (Fsp3) is 0.227. The smallest absolute Gasteiger partial charge is 0.290 e. The zero-order valence-electron chi connectivity index (χ0n) is 16.2. The molecule has 7 nitrogen and oxygen atoms in total. The summed E-state index contributed by atoms with van der Waals surface area (Å²) in [4.78, 5) is 31.6. The van der Waals surface area contributed by atoms with Crippen molar-refractivity contribution in [2.24, 2.45) is 0 Å². The van der Waals surface area contributed by atoms with Crippen LogP contribution < -0.4 is 0 Å². The number of nitrogens with zero attached hydrogens (tertiary/aromatic N) is 2. The molecular formula is C22H19ClN2O5. The van der Waals surface area contributed by atoms with Gasteiger partial charge in [0.25, 0.3) is 5.91 Å². The summed E-state index contributed by atoms with van der Waals surface area (Å²) < 4.78 is 10.8. The molecule has 154 valence electrons. The molecule has 2 aromatic heterocycles. The molecule has 1 amide bonds. The average molecular weight is 427 g/mol. The van der Waals surface area contributed by atoms with Crippen LogP contribution in [-0.2, 0) is 9.53 Å². The van der Waals surface area contributed by atoms with Gasteiger partial charge >= 0.3 is 0 Å². The molecule has 0 saturated heterocycles. The normalized spacial score (nSPS) is 16.7. The minimum atomic E-state index is -0.748. The molecular weight excluding hydrogens is 408 g/mol. The Labute approximate surface area is 177 Å². The first kappa shape index (κ1) is 20.1. The predicted octanol–water partition coefficient (Wildman–Crippen LogP) is 4.10. The van der Waals surface area contributed by atoms with Gasteiger partial charge in [-0.25, -0.2) is 0 Å². The van der Waals surface area contributed by atoms with Gasteiger partial charge in [-0.15, -0.1) is 0 Å². The molecule has 30 heavy (non-hydrogen) atoms. The molecule has 0 saturated carbocycles. The summed E-state index contributed by atoms with van der Waals surface area (Å²) in [5, 5.41) is 11.8. The molecule has 8 heteroatoms. The number of carbonyl (C=O) groups is 2. The lowest BCUT2D eigenvalue weighted by molar-refractivity contribution is -0.129. The van der Waals surface area contributed by atoms with E-state index in [1.165, 1.54) is 4.90 Å². The highest BCUT2D eigenvalue weighted by molar-refractivity contribution is 6.31. The number of aliphatic hydroxyl groups excluding tert-OH is 1. The number of halogens is 1. The number of ketones is 1. The van der Waals surface area contributed by atoms with Crippen LogP contribution in [0.4, 0.5) is 0 Å². The Bertz CT molecular complexity index is 1140. The zero-order valence-corrected chi connectivity index (χ0v) is 16.9. The molecule has 1 aliphatic rings. The Morgan fingerprint density at radius 2 is 2.03 bits per heavy atom. The summed E-state index contributed by atoms with van der Waals surface area (Å²) in [6.07, 6.45) is 3.71. The van der Waals surface area contributed by atoms with Crippen LogP contribution in [0.2, 0.25) is 5.02 Å². The maximum absolute atomic E-state index is 13.4. The second-order valence-corrected chi connectivity index (χ2v) is 7.35. The molecule has 1 unspecified atom stereocenters. The average Bonchev–Trinajstić information content (AvgIpc) is 3.28. The molecule has 0 bridgehead atoms. The highest BCUT2D eigenvalue weighted by Crippen LogP contribution is 2.39. The first-order valence-corrected chi connectivity index (χ1v) is 9.76. The van der Waals surface area contributed by atoms with E-state index in [-0.39, 0.29) is 11.3 Å². The third-order valence-electron chi connectivity index (χ3n) is 5.02. The van der Waals surface area contributed by atoms with Gasteiger partial charge in [-0.1, -0.05) is 11.6 Å². The van der Waals surface area contributed by atoms with Crippen molar-refractivity contribution in [1.29, 1.82) is 0 Å². The van der Waals surface area contributed by atoms with Crippen LogP contribution in [-0.4, -0.2) is 46.9 Å². The monoisotopic (exact) mass is 426 g/mol. The summed E-state index contributed by atoms with van der Waals surface area (Å²) in [5.74, 6) is -1.70. The SMILES string of the molecule is COCCCN1C(=O)C(O)=C(C(=O)c2cc3cc(Cl)ccc3o2)C1c1ccncc1. The Morgan fingerprint density at radius 3 is 2.77 bits per heavy atom. The van der Waals surface area contributed by atoms with E-state index in [1.54, 1.807) is 55.9 Å². The number of ether oxygens (including phenoxy) is 1. The topological polar surface area (TPSA) is 92.9 Å². The van der Waals surface area contributed by atoms with Crippen LogP contribution in [0.1, 0.15) is 28.6 Å². The van der Waals surface area contributed by atoms with E-state index in [2.05, 4.69) is 4.98 Å². The minimum Gasteiger partial charge on any atom is -0.503 e. The molecule has 3 aromatic rings. The van der Waals surface area contributed by atoms with Crippen molar-refractivity contribution in [2.45, 2.75) is 12.5 Å². The van der Waals surface area contributed by atoms with Crippen molar-refractivity contribution in [3.8, 4) is 0 Å². The first-order chi connectivity index (χ1) is 14.5. The van der Waals surface area contributed by atoms with E-state index < -0.39 is 23.5 Å². The highest BCUT2D eigenvalue weighted by Gasteiger charge is 2.44. The fourth-order valence-corrected chi connectivity index (χ4v) is 3.83. The number of fused-ring (bicyclic) bond motifs is 1. The Hall–Kier alpha value is -3.16. The highest BCUT2D eigenvalue weighted by atomic mass is 35.5. The van der Waals surface area contributed by atoms with Crippen molar-refractivity contribution >= 4 is 34.3 Å². The van der Waals surface area contributed by atoms with Gasteiger partial charge in [-0.05, 0) is 48.4 Å². The molecule has 0 spiro atoms. The van der Waals surface area contributed by atoms with E-state index in [0.717, 1.165) is 0 Å². The molecule has 0 fully saturated rings. The number of carbonyl (C=O) groups excluding carboxylic acids is 2. The van der Waals surface area contributed by atoms with Crippen LogP contribution in [0, 0.1) is 0 Å². The van der Waals surface area contributed by atoms with Gasteiger partial charge in [0.2, 0.25) is 5.78 Å². The minimum absolute atomic E-state index is 0.0197. The Kier molecular flexibility index (Phi) is 5.57. The van der Waals surface area contributed by atoms with E-state index in [9.17, 15) is 14.7 Å². The first-order valence-electron chi connectivity index (χ1n) is 9.38. The van der Waals surface area contributed by atoms with Crippen LogP contribution in [0.15, 0.2) is 64.5 Å². The third kappa shape index (κ3) is 3.58. The van der Waals surface area contributed by atoms with Crippen molar-refractivity contribution in [1.82, 2.24) is 9.88 Å². The summed E-state index contributed by atoms with van der Waals surface area (Å²) >= 11 is 6.02. The van der Waals surface area contributed by atoms with Crippen LogP contribution in [0.3, 0.4) is 0 Å². The largest absolute Gasteiger partial charge is 0.503 e. The number of benzene rings is 1. The van der Waals surface area contributed by atoms with Crippen molar-refractivity contribution in [3.05, 3.63) is 76.5 Å². The number of furan rings is 1. The van der Waals surface area contributed by atoms with Crippen LogP contribution in [0.25, 0.3) is 11.0 Å². The summed E-state index contributed by atoms with van der Waals surface area (Å²) in [6.45, 7) is 0.761. The molecule has 3 heterocycles. The summed E-state index contributed by atoms with van der Waals surface area (Å²) in [7, 11) is 1.57. The van der Waals surface area contributed by atoms with Gasteiger partial charge in [0, 0.05) is 43.1 Å². The van der Waals surface area contributed by atoms with Crippen molar-refractivity contribution < 1.29 is 23.8 Å². The van der Waals surface area contributed by atoms with Gasteiger partial charge in [0.1, 0.15) is 5.58 Å². The van der Waals surface area contributed by atoms with Crippen molar-refractivity contribution in [2.75, 3.05) is 20.3 Å². The molecule has 1 aromatic carbocycles. The van der Waals surface area contributed by atoms with E-state index >= 15 is 0 Å². The number of rotatable bonds is 7. The van der Waals surface area contributed by atoms with Crippen molar-refractivity contribution in [3.63, 3.8) is 0 Å². The molecule has 0 aliphatic carbocycles. The number of methoxy groups -OCH3 is 1. The zero-order chi connectivity index (χ0) is 21.3. The fourth-order valence-electron chi connectivity index (χ4n) is 3.65. The lowest BCUT2D eigenvalue weighted by atomic mass is 9.95. The molecule has 1 aliphatic heterocycles. The Balaban J connectivity index is 1.76. The van der Waals surface area contributed by atoms with E-state index in [4.69, 9.17) is 20.8 Å². The summed E-state index contributed by atoms with van der Waals surface area (Å²) in [6, 6.07) is 9.25. The number of Topliss-reactive ketones (excluding diaryl/α,β-unsaturated/α-hetero) is 1. The molecule has 0 radical (unpaired) electrons. The van der Waals surface area contributed by atoms with Gasteiger partial charge < -0.3 is 19.2 Å². The predicted molar refractivity (Wildman–Crippen MR) is 110 cm³/mol. The quantitative estimate of drug-likeness (QED) is 0.451. The maximum Gasteiger partial charge on any atom is 0.290 e. The number of aliphatic hydroxyl groups is 1. The van der Waals surface area contributed by atoms with Gasteiger partial charge in [0.15, 0.2) is 11.5 Å². The second kappa shape index (κ2) is 8.30. The van der Waals surface area contributed by atoms with Crippen LogP contribution >= 0.6 is 11.6 Å². The number of amides is 1. The molecule has 1 N–H and O–H groups in total. The Morgan fingerprint density at radius 1 is 1.27 bits per heavy atom. The molecule has 1 atom stereocenters. The third-order valence-corrected chi connectivity index (χ3v) is 5.25. The van der Waals surface area contributed by atoms with Gasteiger partial charge in [0.05, 0.1) is 11.6 Å². The van der Waals surface area contributed by atoms with Crippen LogP contribution in [0.5, 0.6) is 0 Å². The summed E-state index contributed by atoms with van der Waals surface area (Å²) in [5.41, 5.74) is 1.14. The number of hydrogen-bond donors (Lipinski definition) is 1. The lowest BCUT2D eigenvalue weighted by Gasteiger charge is -2.26. The van der Waals surface area contributed by atoms with Gasteiger partial charge in [-0.2, -0.15) is 0 Å². The lowest BCUT2D eigenvalue weighted by Crippen LogP contribution is -2.32. The second-order valence-electron chi connectivity index (χ2n) is 6.91. The van der Waals surface area contributed by atoms with E-state index in [0.29, 0.717) is 41.1 Å².